The van der Waals surface area contributed by atoms with Crippen molar-refractivity contribution in [3.8, 4) is 5.75 Å². The van der Waals surface area contributed by atoms with Crippen molar-refractivity contribution in [2.45, 2.75) is 56.2 Å². The minimum atomic E-state index is -0.575. The molecule has 1 aliphatic rings. The number of hydrogen-bond donors (Lipinski definition) is 1. The van der Waals surface area contributed by atoms with Crippen LogP contribution in [0.2, 0.25) is 0 Å². The molecule has 0 aromatic heterocycles. The first-order chi connectivity index (χ1) is 14.3. The quantitative estimate of drug-likeness (QED) is 0.711. The predicted octanol–water partition coefficient (Wildman–Crippen LogP) is 4.44. The van der Waals surface area contributed by atoms with E-state index in [9.17, 15) is 9.59 Å². The lowest BCUT2D eigenvalue weighted by atomic mass is 10.1. The van der Waals surface area contributed by atoms with Crippen molar-refractivity contribution in [2.75, 3.05) is 18.1 Å². The van der Waals surface area contributed by atoms with Gasteiger partial charge in [-0.1, -0.05) is 24.3 Å². The maximum Gasteiger partial charge on any atom is 0.242 e. The zero-order valence-corrected chi connectivity index (χ0v) is 18.9. The molecule has 0 aliphatic carbocycles. The SMILES string of the molecule is CCOc1ccc(CCNC(=O)[C@H](C)N2C(=O)CC(C)(C)Sc3ccccc32)cc1. The molecule has 2 aromatic carbocycles. The fraction of sp³-hybridized carbons (Fsp3) is 0.417. The number of anilines is 1. The third kappa shape index (κ3) is 5.36. The van der Waals surface area contributed by atoms with Gasteiger partial charge in [-0.05, 0) is 63.9 Å². The fourth-order valence-corrected chi connectivity index (χ4v) is 4.81. The molecule has 0 bridgehead atoms. The Balaban J connectivity index is 1.65. The Hall–Kier alpha value is -2.47. The van der Waals surface area contributed by atoms with E-state index in [1.54, 1.807) is 23.6 Å². The molecule has 1 atom stereocenters. The minimum absolute atomic E-state index is 0.0217. The molecular weight excluding hydrogens is 396 g/mol. The van der Waals surface area contributed by atoms with Crippen LogP contribution in [-0.4, -0.2) is 35.8 Å². The molecule has 2 aromatic rings. The van der Waals surface area contributed by atoms with Gasteiger partial charge in [0.2, 0.25) is 11.8 Å². The number of amides is 2. The molecule has 6 heteroatoms. The van der Waals surface area contributed by atoms with Crippen molar-refractivity contribution in [1.29, 1.82) is 0 Å². The topological polar surface area (TPSA) is 58.6 Å². The summed E-state index contributed by atoms with van der Waals surface area (Å²) < 4.78 is 5.24. The second kappa shape index (κ2) is 9.56. The van der Waals surface area contributed by atoms with Crippen molar-refractivity contribution >= 4 is 29.3 Å². The summed E-state index contributed by atoms with van der Waals surface area (Å²) in [6.45, 7) is 9.04. The van der Waals surface area contributed by atoms with E-state index in [-0.39, 0.29) is 16.6 Å². The number of rotatable bonds is 7. The van der Waals surface area contributed by atoms with Crippen LogP contribution in [0.1, 0.15) is 39.7 Å². The molecule has 0 saturated heterocycles. The maximum absolute atomic E-state index is 13.0. The fourth-order valence-electron chi connectivity index (χ4n) is 3.60. The second-order valence-electron chi connectivity index (χ2n) is 8.06. The van der Waals surface area contributed by atoms with Crippen LogP contribution < -0.4 is 15.0 Å². The van der Waals surface area contributed by atoms with E-state index < -0.39 is 6.04 Å². The lowest BCUT2D eigenvalue weighted by Crippen LogP contribution is -2.49. The summed E-state index contributed by atoms with van der Waals surface area (Å²) in [5.41, 5.74) is 1.94. The number of ether oxygens (including phenoxy) is 1. The predicted molar refractivity (Wildman–Crippen MR) is 122 cm³/mol. The highest BCUT2D eigenvalue weighted by molar-refractivity contribution is 8.00. The maximum atomic E-state index is 13.0. The van der Waals surface area contributed by atoms with Crippen LogP contribution in [-0.2, 0) is 16.0 Å². The van der Waals surface area contributed by atoms with Crippen molar-refractivity contribution in [2.24, 2.45) is 0 Å². The second-order valence-corrected chi connectivity index (χ2v) is 9.81. The van der Waals surface area contributed by atoms with Crippen LogP contribution in [0.3, 0.4) is 0 Å². The Morgan fingerprint density at radius 1 is 1.20 bits per heavy atom. The van der Waals surface area contributed by atoms with Gasteiger partial charge in [-0.2, -0.15) is 0 Å². The van der Waals surface area contributed by atoms with Gasteiger partial charge in [0.25, 0.3) is 0 Å². The summed E-state index contributed by atoms with van der Waals surface area (Å²) in [7, 11) is 0. The normalized spacial score (nSPS) is 16.4. The van der Waals surface area contributed by atoms with Crippen molar-refractivity contribution in [3.63, 3.8) is 0 Å². The summed E-state index contributed by atoms with van der Waals surface area (Å²) in [6.07, 6.45) is 1.11. The van der Waals surface area contributed by atoms with Crippen LogP contribution >= 0.6 is 11.8 Å². The first-order valence-corrected chi connectivity index (χ1v) is 11.2. The number of para-hydroxylation sites is 1. The number of nitrogens with zero attached hydrogens (tertiary/aromatic N) is 1. The van der Waals surface area contributed by atoms with Gasteiger partial charge >= 0.3 is 0 Å². The Morgan fingerprint density at radius 3 is 2.60 bits per heavy atom. The number of benzene rings is 2. The number of carbonyl (C=O) groups is 2. The average molecular weight is 427 g/mol. The van der Waals surface area contributed by atoms with Gasteiger partial charge < -0.3 is 10.1 Å². The van der Waals surface area contributed by atoms with E-state index in [4.69, 9.17) is 4.74 Å². The highest BCUT2D eigenvalue weighted by Crippen LogP contribution is 2.44. The molecule has 0 saturated carbocycles. The van der Waals surface area contributed by atoms with Gasteiger partial charge in [-0.25, -0.2) is 0 Å². The third-order valence-corrected chi connectivity index (χ3v) is 6.33. The van der Waals surface area contributed by atoms with E-state index in [1.165, 1.54) is 0 Å². The number of nitrogens with one attached hydrogen (secondary N) is 1. The van der Waals surface area contributed by atoms with Gasteiger partial charge in [0.15, 0.2) is 0 Å². The number of carbonyl (C=O) groups excluding carboxylic acids is 2. The summed E-state index contributed by atoms with van der Waals surface area (Å²) in [4.78, 5) is 28.6. The van der Waals surface area contributed by atoms with Crippen LogP contribution in [0.5, 0.6) is 5.75 Å². The van der Waals surface area contributed by atoms with E-state index in [0.717, 1.165) is 28.3 Å². The van der Waals surface area contributed by atoms with Crippen molar-refractivity contribution in [1.82, 2.24) is 5.32 Å². The molecule has 2 amide bonds. The highest BCUT2D eigenvalue weighted by Gasteiger charge is 2.36. The Bertz CT molecular complexity index is 896. The smallest absolute Gasteiger partial charge is 0.242 e. The van der Waals surface area contributed by atoms with E-state index in [1.807, 2.05) is 55.5 Å². The Labute approximate surface area is 183 Å². The van der Waals surface area contributed by atoms with Crippen LogP contribution in [0.25, 0.3) is 0 Å². The molecule has 3 rings (SSSR count). The first-order valence-electron chi connectivity index (χ1n) is 10.4. The molecule has 0 radical (unpaired) electrons. The zero-order valence-electron chi connectivity index (χ0n) is 18.1. The van der Waals surface area contributed by atoms with Crippen LogP contribution in [0, 0.1) is 0 Å². The van der Waals surface area contributed by atoms with Crippen molar-refractivity contribution < 1.29 is 14.3 Å². The molecule has 0 unspecified atom stereocenters. The van der Waals surface area contributed by atoms with Gasteiger partial charge in [0.05, 0.1) is 12.3 Å². The Kier molecular flexibility index (Phi) is 7.08. The standard InChI is InChI=1S/C24H30N2O3S/c1-5-29-19-12-10-18(11-13-19)14-15-25-23(28)17(2)26-20-8-6-7-9-21(20)30-24(3,4)16-22(26)27/h6-13,17H,5,14-16H2,1-4H3,(H,25,28)/t17-/m0/s1. The Morgan fingerprint density at radius 2 is 1.90 bits per heavy atom. The lowest BCUT2D eigenvalue weighted by molar-refractivity contribution is -0.126. The van der Waals surface area contributed by atoms with E-state index >= 15 is 0 Å². The molecule has 5 nitrogen and oxygen atoms in total. The van der Waals surface area contributed by atoms with Gasteiger partial charge in [-0.15, -0.1) is 11.8 Å². The van der Waals surface area contributed by atoms with Gasteiger partial charge in [0.1, 0.15) is 11.8 Å². The highest BCUT2D eigenvalue weighted by atomic mass is 32.2. The average Bonchev–Trinajstić information content (AvgIpc) is 2.80. The minimum Gasteiger partial charge on any atom is -0.494 e. The van der Waals surface area contributed by atoms with E-state index in [0.29, 0.717) is 19.6 Å². The molecular formula is C24H30N2O3S. The number of hydrogen-bond acceptors (Lipinski definition) is 4. The van der Waals surface area contributed by atoms with Crippen LogP contribution in [0.4, 0.5) is 5.69 Å². The summed E-state index contributed by atoms with van der Waals surface area (Å²) in [6, 6.07) is 15.1. The molecule has 160 valence electrons. The first kappa shape index (κ1) is 22.2. The van der Waals surface area contributed by atoms with Gasteiger partial charge in [-0.3, -0.25) is 14.5 Å². The monoisotopic (exact) mass is 426 g/mol. The number of fused-ring (bicyclic) bond motifs is 1. The van der Waals surface area contributed by atoms with Gasteiger partial charge in [0, 0.05) is 22.6 Å². The molecule has 1 heterocycles. The number of thioether (sulfide) groups is 1. The summed E-state index contributed by atoms with van der Waals surface area (Å²) >= 11 is 1.69. The zero-order chi connectivity index (χ0) is 21.7. The summed E-state index contributed by atoms with van der Waals surface area (Å²) in [5, 5.41) is 2.99. The van der Waals surface area contributed by atoms with Crippen LogP contribution in [0.15, 0.2) is 53.4 Å². The molecule has 0 spiro atoms. The molecule has 1 aliphatic heterocycles. The largest absolute Gasteiger partial charge is 0.494 e. The molecule has 1 N–H and O–H groups in total. The summed E-state index contributed by atoms with van der Waals surface area (Å²) in [5.74, 6) is 0.679. The third-order valence-electron chi connectivity index (χ3n) is 5.07. The molecule has 0 fully saturated rings. The lowest BCUT2D eigenvalue weighted by Gasteiger charge is -2.28. The molecule has 30 heavy (non-hydrogen) atoms. The van der Waals surface area contributed by atoms with Crippen molar-refractivity contribution in [3.05, 3.63) is 54.1 Å². The van der Waals surface area contributed by atoms with E-state index in [2.05, 4.69) is 19.2 Å².